The van der Waals surface area contributed by atoms with E-state index in [1.54, 1.807) is 0 Å². The Morgan fingerprint density at radius 3 is 2.06 bits per heavy atom. The van der Waals surface area contributed by atoms with Gasteiger partial charge in [0.2, 0.25) is 0 Å². The molecule has 0 radical (unpaired) electrons. The Kier molecular flexibility index (Phi) is 4.95. The molecule has 0 aliphatic rings. The highest BCUT2D eigenvalue weighted by molar-refractivity contribution is 9.08. The smallest absolute Gasteiger partial charge is 0.370 e. The molecule has 0 amide bonds. The predicted octanol–water partition coefficient (Wildman–Crippen LogP) is 4.25. The molecular weight excluding hydrogens is 321 g/mol. The zero-order chi connectivity index (χ0) is 13.9. The van der Waals surface area contributed by atoms with E-state index in [4.69, 9.17) is 0 Å². The molecule has 0 unspecified atom stereocenters. The fourth-order valence-electron chi connectivity index (χ4n) is 1.47. The minimum Gasteiger partial charge on any atom is -0.370 e. The highest BCUT2D eigenvalue weighted by Crippen LogP contribution is 2.27. The third-order valence-electron chi connectivity index (χ3n) is 2.34. The lowest BCUT2D eigenvalue weighted by Gasteiger charge is -2.21. The van der Waals surface area contributed by atoms with Gasteiger partial charge in [0.1, 0.15) is 17.3 Å². The van der Waals surface area contributed by atoms with Crippen molar-refractivity contribution in [2.24, 2.45) is 0 Å². The van der Waals surface area contributed by atoms with E-state index in [2.05, 4.69) is 15.9 Å². The topological polar surface area (TPSA) is 3.24 Å². The van der Waals surface area contributed by atoms with Gasteiger partial charge < -0.3 is 4.90 Å². The normalized spacial score (nSPS) is 11.7. The van der Waals surface area contributed by atoms with E-state index in [-0.39, 0.29) is 5.33 Å². The van der Waals surface area contributed by atoms with E-state index in [0.29, 0.717) is 5.56 Å². The second-order valence-corrected chi connectivity index (χ2v) is 4.39. The van der Waals surface area contributed by atoms with Gasteiger partial charge in [-0.1, -0.05) is 15.9 Å². The third kappa shape index (κ3) is 4.12. The van der Waals surface area contributed by atoms with Crippen LogP contribution in [0.25, 0.3) is 0 Å². The zero-order valence-corrected chi connectivity index (χ0v) is 11.1. The Bertz CT molecular complexity index is 395. The molecule has 1 rings (SSSR count). The van der Waals surface area contributed by atoms with Crippen LogP contribution in [0.2, 0.25) is 0 Å². The summed E-state index contributed by atoms with van der Waals surface area (Å²) in [5.74, 6) is -1.73. The molecule has 0 bridgehead atoms. The maximum absolute atomic E-state index is 13.6. The van der Waals surface area contributed by atoms with Crippen molar-refractivity contribution in [2.45, 2.75) is 17.9 Å². The van der Waals surface area contributed by atoms with Crippen LogP contribution >= 0.6 is 15.9 Å². The Balaban J connectivity index is 2.89. The molecule has 0 heterocycles. The number of hydrogen-bond donors (Lipinski definition) is 0. The van der Waals surface area contributed by atoms with Crippen LogP contribution in [0, 0.1) is 11.6 Å². The molecule has 0 N–H and O–H groups in total. The van der Waals surface area contributed by atoms with E-state index in [0.717, 1.165) is 17.0 Å². The Morgan fingerprint density at radius 1 is 1.17 bits per heavy atom. The molecule has 0 aromatic heterocycles. The van der Waals surface area contributed by atoms with E-state index < -0.39 is 36.5 Å². The van der Waals surface area contributed by atoms with Gasteiger partial charge in [-0.2, -0.15) is 13.2 Å². The monoisotopic (exact) mass is 331 g/mol. The number of alkyl halides is 4. The second kappa shape index (κ2) is 5.86. The van der Waals surface area contributed by atoms with E-state index in [1.807, 2.05) is 0 Å². The van der Waals surface area contributed by atoms with Crippen molar-refractivity contribution < 1.29 is 22.0 Å². The average Bonchev–Trinajstić information content (AvgIpc) is 2.24. The van der Waals surface area contributed by atoms with Crippen LogP contribution in [0.4, 0.5) is 27.6 Å². The van der Waals surface area contributed by atoms with Crippen molar-refractivity contribution >= 4 is 21.6 Å². The first-order valence-corrected chi connectivity index (χ1v) is 6.18. The summed E-state index contributed by atoms with van der Waals surface area (Å²) in [7, 11) is 1.22. The van der Waals surface area contributed by atoms with Crippen molar-refractivity contribution in [3.63, 3.8) is 0 Å². The standard InChI is InChI=1S/C11H11BrF5N/c1-18(3-2-11(15,16)17)10-8(13)4-7(6-12)5-9(10)14/h4-5H,2-3,6H2,1H3. The lowest BCUT2D eigenvalue weighted by atomic mass is 10.2. The first kappa shape index (κ1) is 15.2. The molecule has 0 aliphatic carbocycles. The van der Waals surface area contributed by atoms with E-state index >= 15 is 0 Å². The zero-order valence-electron chi connectivity index (χ0n) is 9.49. The molecule has 7 heteroatoms. The van der Waals surface area contributed by atoms with Crippen LogP contribution in [0.5, 0.6) is 0 Å². The molecule has 0 atom stereocenters. The number of benzene rings is 1. The van der Waals surface area contributed by atoms with Gasteiger partial charge in [0.15, 0.2) is 0 Å². The highest BCUT2D eigenvalue weighted by Gasteiger charge is 2.28. The number of hydrogen-bond acceptors (Lipinski definition) is 1. The quantitative estimate of drug-likeness (QED) is 0.589. The fraction of sp³-hybridized carbons (Fsp3) is 0.455. The van der Waals surface area contributed by atoms with Gasteiger partial charge in [0, 0.05) is 18.9 Å². The van der Waals surface area contributed by atoms with Crippen molar-refractivity contribution in [3.05, 3.63) is 29.3 Å². The first-order chi connectivity index (χ1) is 8.24. The summed E-state index contributed by atoms with van der Waals surface area (Å²) >= 11 is 3.05. The Morgan fingerprint density at radius 2 is 1.67 bits per heavy atom. The molecule has 0 saturated carbocycles. The fourth-order valence-corrected chi connectivity index (χ4v) is 1.79. The first-order valence-electron chi connectivity index (χ1n) is 5.06. The van der Waals surface area contributed by atoms with Crippen LogP contribution in [-0.4, -0.2) is 19.8 Å². The highest BCUT2D eigenvalue weighted by atomic mass is 79.9. The minimum absolute atomic E-state index is 0.271. The maximum Gasteiger partial charge on any atom is 0.390 e. The van der Waals surface area contributed by atoms with Gasteiger partial charge in [-0.3, -0.25) is 0 Å². The molecule has 18 heavy (non-hydrogen) atoms. The number of halogens is 6. The van der Waals surface area contributed by atoms with Crippen molar-refractivity contribution in [3.8, 4) is 0 Å². The van der Waals surface area contributed by atoms with Gasteiger partial charge in [-0.25, -0.2) is 8.78 Å². The Hall–Kier alpha value is -0.850. The van der Waals surface area contributed by atoms with Crippen LogP contribution in [0.1, 0.15) is 12.0 Å². The van der Waals surface area contributed by atoms with Crippen molar-refractivity contribution in [1.82, 2.24) is 0 Å². The average molecular weight is 332 g/mol. The summed E-state index contributed by atoms with van der Waals surface area (Å²) < 4.78 is 63.3. The predicted molar refractivity (Wildman–Crippen MR) is 62.9 cm³/mol. The Labute approximate surface area is 110 Å². The summed E-state index contributed by atoms with van der Waals surface area (Å²) in [5, 5.41) is 0.271. The van der Waals surface area contributed by atoms with Crippen LogP contribution in [0.15, 0.2) is 12.1 Å². The summed E-state index contributed by atoms with van der Waals surface area (Å²) in [6.07, 6.45) is -5.47. The summed E-state index contributed by atoms with van der Waals surface area (Å²) in [4.78, 5) is 0.927. The van der Waals surface area contributed by atoms with Crippen molar-refractivity contribution in [2.75, 3.05) is 18.5 Å². The number of anilines is 1. The molecule has 1 aromatic rings. The lowest BCUT2D eigenvalue weighted by molar-refractivity contribution is -0.132. The van der Waals surface area contributed by atoms with Gasteiger partial charge in [-0.15, -0.1) is 0 Å². The molecule has 0 saturated heterocycles. The molecular formula is C11H11BrF5N. The maximum atomic E-state index is 13.6. The van der Waals surface area contributed by atoms with Crippen LogP contribution in [-0.2, 0) is 5.33 Å². The van der Waals surface area contributed by atoms with Gasteiger partial charge in [0.05, 0.1) is 6.42 Å². The summed E-state index contributed by atoms with van der Waals surface area (Å²) in [6.45, 7) is -0.495. The molecule has 1 nitrogen and oxygen atoms in total. The lowest BCUT2D eigenvalue weighted by Crippen LogP contribution is -2.25. The molecule has 102 valence electrons. The molecule has 0 aliphatic heterocycles. The SMILES string of the molecule is CN(CCC(F)(F)F)c1c(F)cc(CBr)cc1F. The van der Waals surface area contributed by atoms with Crippen molar-refractivity contribution in [1.29, 1.82) is 0 Å². The summed E-state index contributed by atoms with van der Waals surface area (Å²) in [6, 6.07) is 2.19. The van der Waals surface area contributed by atoms with Gasteiger partial charge in [0.25, 0.3) is 0 Å². The minimum atomic E-state index is -4.35. The molecule has 0 fully saturated rings. The number of rotatable bonds is 4. The van der Waals surface area contributed by atoms with Gasteiger partial charge in [-0.05, 0) is 17.7 Å². The van der Waals surface area contributed by atoms with Crippen LogP contribution in [0.3, 0.4) is 0 Å². The van der Waals surface area contributed by atoms with Crippen LogP contribution < -0.4 is 4.90 Å². The summed E-state index contributed by atoms with van der Waals surface area (Å²) in [5.41, 5.74) is -0.0538. The molecule has 1 aromatic carbocycles. The second-order valence-electron chi connectivity index (χ2n) is 3.83. The van der Waals surface area contributed by atoms with Gasteiger partial charge >= 0.3 is 6.18 Å². The third-order valence-corrected chi connectivity index (χ3v) is 2.99. The number of nitrogens with zero attached hydrogens (tertiary/aromatic N) is 1. The van der Waals surface area contributed by atoms with E-state index in [1.165, 1.54) is 7.05 Å². The molecule has 0 spiro atoms. The largest absolute Gasteiger partial charge is 0.390 e. The van der Waals surface area contributed by atoms with E-state index in [9.17, 15) is 22.0 Å².